The fourth-order valence-electron chi connectivity index (χ4n) is 1.63. The quantitative estimate of drug-likeness (QED) is 0.844. The summed E-state index contributed by atoms with van der Waals surface area (Å²) in [5, 5.41) is 0. The maximum Gasteiger partial charge on any atom is 0.131 e. The summed E-state index contributed by atoms with van der Waals surface area (Å²) in [6.45, 7) is 1.71. The number of benzene rings is 1. The van der Waals surface area contributed by atoms with Gasteiger partial charge in [-0.25, -0.2) is 8.78 Å². The van der Waals surface area contributed by atoms with E-state index in [0.29, 0.717) is 0 Å². The lowest BCUT2D eigenvalue weighted by molar-refractivity contribution is 0.533. The highest BCUT2D eigenvalue weighted by Gasteiger charge is 2.15. The first-order valence-electron chi connectivity index (χ1n) is 5.02. The van der Waals surface area contributed by atoms with Crippen molar-refractivity contribution in [3.05, 3.63) is 59.9 Å². The second kappa shape index (κ2) is 4.35. The van der Waals surface area contributed by atoms with Crippen molar-refractivity contribution in [2.75, 3.05) is 5.43 Å². The number of aromatic nitrogens is 1. The lowest BCUT2D eigenvalue weighted by Gasteiger charge is -2.17. The average molecular weight is 222 g/mol. The van der Waals surface area contributed by atoms with Crippen LogP contribution in [0.5, 0.6) is 0 Å². The van der Waals surface area contributed by atoms with Crippen molar-refractivity contribution in [1.29, 1.82) is 0 Å². The largest absolute Gasteiger partial charge is 0.319 e. The van der Waals surface area contributed by atoms with Gasteiger partial charge in [0, 0.05) is 18.0 Å². The fraction of sp³-hybridized carbons (Fsp3) is 0.167. The van der Waals surface area contributed by atoms with E-state index in [1.807, 2.05) is 12.1 Å². The number of hydrogen-bond acceptors (Lipinski definition) is 1. The van der Waals surface area contributed by atoms with Crippen molar-refractivity contribution in [1.82, 2.24) is 4.68 Å². The summed E-state index contributed by atoms with van der Waals surface area (Å²) in [7, 11) is 0. The Labute approximate surface area is 92.5 Å². The molecule has 1 aromatic carbocycles. The Morgan fingerprint density at radius 2 is 1.62 bits per heavy atom. The molecule has 2 aromatic rings. The van der Waals surface area contributed by atoms with E-state index in [9.17, 15) is 8.78 Å². The molecule has 1 heterocycles. The van der Waals surface area contributed by atoms with Crippen LogP contribution >= 0.6 is 0 Å². The SMILES string of the molecule is CC(Nn1cccc1)c1c(F)cccc1F. The Morgan fingerprint density at radius 1 is 1.06 bits per heavy atom. The first kappa shape index (κ1) is 10.7. The molecule has 2 nitrogen and oxygen atoms in total. The molecule has 1 unspecified atom stereocenters. The number of hydrogen-bond donors (Lipinski definition) is 1. The van der Waals surface area contributed by atoms with E-state index in [-0.39, 0.29) is 5.56 Å². The van der Waals surface area contributed by atoms with Gasteiger partial charge < -0.3 is 5.43 Å². The predicted molar refractivity (Wildman–Crippen MR) is 58.6 cm³/mol. The molecule has 0 bridgehead atoms. The maximum atomic E-state index is 13.4. The molecule has 4 heteroatoms. The molecule has 2 rings (SSSR count). The summed E-state index contributed by atoms with van der Waals surface area (Å²) in [6.07, 6.45) is 3.55. The standard InChI is InChI=1S/C12H12F2N2/c1-9(15-16-7-2-3-8-16)12-10(13)5-4-6-11(12)14/h2-9,15H,1H3. The van der Waals surface area contributed by atoms with Gasteiger partial charge in [0.15, 0.2) is 0 Å². The average Bonchev–Trinajstić information content (AvgIpc) is 2.70. The Balaban J connectivity index is 2.24. The number of nitrogens with one attached hydrogen (secondary N) is 1. The number of halogens is 2. The third-order valence-electron chi connectivity index (χ3n) is 2.38. The van der Waals surface area contributed by atoms with Crippen LogP contribution in [0.3, 0.4) is 0 Å². The topological polar surface area (TPSA) is 17.0 Å². The van der Waals surface area contributed by atoms with Crippen LogP contribution in [0.2, 0.25) is 0 Å². The molecule has 0 aliphatic carbocycles. The number of nitrogens with zero attached hydrogens (tertiary/aromatic N) is 1. The molecule has 0 aliphatic heterocycles. The molecular formula is C12H12F2N2. The van der Waals surface area contributed by atoms with Crippen LogP contribution in [0, 0.1) is 11.6 Å². The van der Waals surface area contributed by atoms with Crippen molar-refractivity contribution in [3.63, 3.8) is 0 Å². The van der Waals surface area contributed by atoms with Crippen molar-refractivity contribution in [3.8, 4) is 0 Å². The van der Waals surface area contributed by atoms with Gasteiger partial charge in [-0.3, -0.25) is 4.68 Å². The zero-order valence-electron chi connectivity index (χ0n) is 8.82. The van der Waals surface area contributed by atoms with Crippen LogP contribution in [-0.4, -0.2) is 4.68 Å². The van der Waals surface area contributed by atoms with E-state index in [2.05, 4.69) is 5.43 Å². The van der Waals surface area contributed by atoms with Gasteiger partial charge in [0.25, 0.3) is 0 Å². The van der Waals surface area contributed by atoms with Crippen molar-refractivity contribution >= 4 is 0 Å². The number of rotatable bonds is 3. The van der Waals surface area contributed by atoms with Crippen LogP contribution in [0.15, 0.2) is 42.7 Å². The van der Waals surface area contributed by atoms with E-state index in [0.717, 1.165) is 0 Å². The molecule has 0 fully saturated rings. The molecule has 0 spiro atoms. The van der Waals surface area contributed by atoms with Crippen molar-refractivity contribution in [2.45, 2.75) is 13.0 Å². The molecule has 1 atom stereocenters. The maximum absolute atomic E-state index is 13.4. The van der Waals surface area contributed by atoms with E-state index < -0.39 is 17.7 Å². The van der Waals surface area contributed by atoms with Crippen molar-refractivity contribution < 1.29 is 8.78 Å². The highest BCUT2D eigenvalue weighted by Crippen LogP contribution is 2.20. The summed E-state index contributed by atoms with van der Waals surface area (Å²) in [4.78, 5) is 0. The minimum absolute atomic E-state index is 0.0520. The van der Waals surface area contributed by atoms with Crippen LogP contribution in [0.25, 0.3) is 0 Å². The van der Waals surface area contributed by atoms with Gasteiger partial charge in [0.05, 0.1) is 6.04 Å². The van der Waals surface area contributed by atoms with Gasteiger partial charge in [0.2, 0.25) is 0 Å². The summed E-state index contributed by atoms with van der Waals surface area (Å²) in [5.74, 6) is -1.07. The van der Waals surface area contributed by atoms with Gasteiger partial charge in [0.1, 0.15) is 11.6 Å². The normalized spacial score (nSPS) is 12.4. The zero-order chi connectivity index (χ0) is 11.5. The second-order valence-electron chi connectivity index (χ2n) is 3.58. The third-order valence-corrected chi connectivity index (χ3v) is 2.38. The summed E-state index contributed by atoms with van der Waals surface area (Å²) in [6, 6.07) is 7.10. The molecule has 1 aromatic heterocycles. The Hall–Kier alpha value is -1.84. The van der Waals surface area contributed by atoms with Gasteiger partial charge in [-0.05, 0) is 31.2 Å². The predicted octanol–water partition coefficient (Wildman–Crippen LogP) is 3.07. The summed E-state index contributed by atoms with van der Waals surface area (Å²) in [5.41, 5.74) is 3.01. The monoisotopic (exact) mass is 222 g/mol. The van der Waals surface area contributed by atoms with E-state index in [4.69, 9.17) is 0 Å². The van der Waals surface area contributed by atoms with Crippen LogP contribution < -0.4 is 5.43 Å². The van der Waals surface area contributed by atoms with E-state index in [1.165, 1.54) is 18.2 Å². The first-order valence-corrected chi connectivity index (χ1v) is 5.02. The Morgan fingerprint density at radius 3 is 2.19 bits per heavy atom. The highest BCUT2D eigenvalue weighted by atomic mass is 19.1. The fourth-order valence-corrected chi connectivity index (χ4v) is 1.63. The smallest absolute Gasteiger partial charge is 0.131 e. The summed E-state index contributed by atoms with van der Waals surface area (Å²) < 4.78 is 28.5. The third kappa shape index (κ3) is 2.05. The molecular weight excluding hydrogens is 210 g/mol. The molecule has 0 amide bonds. The molecule has 0 saturated carbocycles. The van der Waals surface area contributed by atoms with E-state index in [1.54, 1.807) is 24.0 Å². The minimum Gasteiger partial charge on any atom is -0.319 e. The highest BCUT2D eigenvalue weighted by molar-refractivity contribution is 5.24. The molecule has 1 N–H and O–H groups in total. The minimum atomic E-state index is -0.535. The summed E-state index contributed by atoms with van der Waals surface area (Å²) >= 11 is 0. The first-order chi connectivity index (χ1) is 7.68. The van der Waals surface area contributed by atoms with E-state index >= 15 is 0 Å². The second-order valence-corrected chi connectivity index (χ2v) is 3.58. The lowest BCUT2D eigenvalue weighted by Crippen LogP contribution is -2.19. The van der Waals surface area contributed by atoms with Gasteiger partial charge in [-0.15, -0.1) is 0 Å². The van der Waals surface area contributed by atoms with Crippen LogP contribution in [0.1, 0.15) is 18.5 Å². The van der Waals surface area contributed by atoms with Gasteiger partial charge in [-0.2, -0.15) is 0 Å². The van der Waals surface area contributed by atoms with Crippen molar-refractivity contribution in [2.24, 2.45) is 0 Å². The molecule has 0 radical (unpaired) electrons. The van der Waals surface area contributed by atoms with Gasteiger partial charge >= 0.3 is 0 Å². The lowest BCUT2D eigenvalue weighted by atomic mass is 10.1. The zero-order valence-corrected chi connectivity index (χ0v) is 8.82. The van der Waals surface area contributed by atoms with Crippen LogP contribution in [-0.2, 0) is 0 Å². The van der Waals surface area contributed by atoms with Crippen LogP contribution in [0.4, 0.5) is 8.78 Å². The molecule has 16 heavy (non-hydrogen) atoms. The Bertz CT molecular complexity index is 446. The molecule has 84 valence electrons. The Kier molecular flexibility index (Phi) is 2.90. The van der Waals surface area contributed by atoms with Gasteiger partial charge in [-0.1, -0.05) is 6.07 Å². The molecule has 0 aliphatic rings. The molecule has 0 saturated heterocycles.